The third-order valence-electron chi connectivity index (χ3n) is 11.8. The van der Waals surface area contributed by atoms with Crippen LogP contribution >= 0.6 is 0 Å². The van der Waals surface area contributed by atoms with Crippen LogP contribution in [0, 0.1) is 25.7 Å². The third-order valence-corrected chi connectivity index (χ3v) is 11.8. The molecule has 0 saturated carbocycles. The smallest absolute Gasteiger partial charge is 0.136 e. The van der Waals surface area contributed by atoms with E-state index in [1.54, 1.807) is 0 Å². The Morgan fingerprint density at radius 2 is 1.24 bits per heavy atom. The predicted molar refractivity (Wildman–Crippen MR) is 257 cm³/mol. The van der Waals surface area contributed by atoms with Gasteiger partial charge < -0.3 is 19.1 Å². The maximum absolute atomic E-state index is 8.37. The second kappa shape index (κ2) is 16.4. The Bertz CT molecular complexity index is 3210. The molecule has 6 heteroatoms. The Kier molecular flexibility index (Phi) is 9.94. The number of ether oxygens (including phenoxy) is 1. The van der Waals surface area contributed by atoms with Crippen LogP contribution in [0.2, 0.25) is 0 Å². The van der Waals surface area contributed by atoms with Crippen LogP contribution in [0.5, 0.6) is 11.5 Å². The van der Waals surface area contributed by atoms with Crippen LogP contribution in [-0.2, 0) is 31.9 Å². The average molecular weight is 1000 g/mol. The molecule has 316 valence electrons. The second-order valence-electron chi connectivity index (χ2n) is 18.1. The zero-order valence-corrected chi connectivity index (χ0v) is 38.5. The number of aromatic nitrogens is 2. The maximum Gasteiger partial charge on any atom is 0.136 e. The van der Waals surface area contributed by atoms with Crippen LogP contribution in [0.4, 0.5) is 22.7 Å². The molecule has 0 saturated heterocycles. The second-order valence-corrected chi connectivity index (χ2v) is 18.1. The van der Waals surface area contributed by atoms with Crippen molar-refractivity contribution in [2.24, 2.45) is 0 Å². The minimum Gasteiger partial charge on any atom is -0.509 e. The van der Waals surface area contributed by atoms with E-state index in [-0.39, 0.29) is 37.5 Å². The molecule has 63 heavy (non-hydrogen) atoms. The van der Waals surface area contributed by atoms with Gasteiger partial charge in [-0.3, -0.25) is 0 Å². The van der Waals surface area contributed by atoms with E-state index >= 15 is 0 Å². The number of hydrogen-bond donors (Lipinski definition) is 0. The fraction of sp³-hybridized carbons (Fsp3) is 0.158. The summed E-state index contributed by atoms with van der Waals surface area (Å²) in [7, 11) is 0. The number of rotatable bonds is 7. The van der Waals surface area contributed by atoms with Gasteiger partial charge in [-0.1, -0.05) is 138 Å². The normalized spacial score (nSPS) is 13.7. The average Bonchev–Trinajstić information content (AvgIpc) is 3.84. The summed E-state index contributed by atoms with van der Waals surface area (Å²) in [6.45, 7) is 13.4. The molecule has 0 N–H and O–H groups in total. The molecule has 1 aliphatic heterocycles. The van der Waals surface area contributed by atoms with E-state index in [0.717, 1.165) is 61.2 Å². The number of pyridine rings is 1. The van der Waals surface area contributed by atoms with Crippen molar-refractivity contribution in [3.8, 4) is 39.6 Å². The monoisotopic (exact) mass is 1000 g/mol. The van der Waals surface area contributed by atoms with Crippen LogP contribution in [0.3, 0.4) is 0 Å². The summed E-state index contributed by atoms with van der Waals surface area (Å²) in [5, 5.41) is 1.97. The number of nitrogens with zero attached hydrogens (tertiary/aromatic N) is 4. The van der Waals surface area contributed by atoms with Gasteiger partial charge in [0.05, 0.1) is 0 Å². The Morgan fingerprint density at radius 1 is 0.587 bits per heavy atom. The first-order valence-electron chi connectivity index (χ1n) is 22.6. The van der Waals surface area contributed by atoms with Gasteiger partial charge in [-0.05, 0) is 98.4 Å². The molecule has 5 nitrogen and oxygen atoms in total. The minimum absolute atomic E-state index is 0. The van der Waals surface area contributed by atoms with Crippen LogP contribution in [0.15, 0.2) is 164 Å². The van der Waals surface area contributed by atoms with Crippen molar-refractivity contribution in [1.82, 2.24) is 9.55 Å². The molecule has 0 aliphatic carbocycles. The van der Waals surface area contributed by atoms with Crippen molar-refractivity contribution in [2.45, 2.75) is 59.2 Å². The fourth-order valence-corrected chi connectivity index (χ4v) is 8.34. The molecular formula is C57H49N4OPt-3. The van der Waals surface area contributed by atoms with Crippen LogP contribution in [0.1, 0.15) is 62.3 Å². The molecule has 0 amide bonds. The van der Waals surface area contributed by atoms with E-state index in [2.05, 4.69) is 149 Å². The summed E-state index contributed by atoms with van der Waals surface area (Å²) in [5.41, 5.74) is 12.0. The number of fused-ring (bicyclic) bond motifs is 4. The number of benzene rings is 7. The van der Waals surface area contributed by atoms with Gasteiger partial charge in [-0.15, -0.1) is 48.1 Å². The minimum atomic E-state index is -2.36. The van der Waals surface area contributed by atoms with Crippen LogP contribution in [-0.4, -0.2) is 9.55 Å². The molecule has 0 unspecified atom stereocenters. The van der Waals surface area contributed by atoms with E-state index in [1.165, 1.54) is 17.3 Å². The summed E-state index contributed by atoms with van der Waals surface area (Å²) < 4.78 is 33.8. The summed E-state index contributed by atoms with van der Waals surface area (Å²) >= 11 is 0. The molecule has 0 bridgehead atoms. The molecule has 1 aliphatic rings. The van der Waals surface area contributed by atoms with Crippen molar-refractivity contribution in [3.05, 3.63) is 199 Å². The van der Waals surface area contributed by atoms with E-state index in [4.69, 9.17) is 13.8 Å². The van der Waals surface area contributed by atoms with Gasteiger partial charge in [0.1, 0.15) is 5.82 Å². The summed E-state index contributed by atoms with van der Waals surface area (Å²) in [5.74, 6) is 1.61. The van der Waals surface area contributed by atoms with Gasteiger partial charge in [0.25, 0.3) is 0 Å². The molecule has 2 aromatic heterocycles. The van der Waals surface area contributed by atoms with Gasteiger partial charge in [0.2, 0.25) is 0 Å². The largest absolute Gasteiger partial charge is 0.509 e. The number of para-hydroxylation sites is 2. The van der Waals surface area contributed by atoms with Crippen molar-refractivity contribution in [2.75, 3.05) is 9.80 Å². The molecule has 3 heterocycles. The molecule has 0 radical (unpaired) electrons. The number of anilines is 4. The van der Waals surface area contributed by atoms with Gasteiger partial charge in [0.15, 0.2) is 0 Å². The molecule has 10 rings (SSSR count). The Hall–Kier alpha value is -6.42. The molecular weight excluding hydrogens is 952 g/mol. The van der Waals surface area contributed by atoms with Crippen molar-refractivity contribution in [3.63, 3.8) is 0 Å². The Balaban J connectivity index is 0.00000548. The van der Waals surface area contributed by atoms with Gasteiger partial charge in [-0.2, -0.15) is 12.1 Å². The molecule has 0 spiro atoms. The Labute approximate surface area is 390 Å². The SMILES string of the molecule is [2H]C([2H])([2H])c1cnc(-n2c3[c-]c(Oc4[c-]c(N5[CH-]N(c6cc(C(C)(C)C)cc(C(C)(C)C)c6)c6ccccc65)ccc4)ccc3c3cc(-c4ccccc4)ccc32)cc1-c1ccccc1.[Pt]. The maximum atomic E-state index is 8.37. The van der Waals surface area contributed by atoms with Crippen molar-refractivity contribution >= 4 is 44.6 Å². The Morgan fingerprint density at radius 3 is 1.92 bits per heavy atom. The first-order valence-corrected chi connectivity index (χ1v) is 21.1. The summed E-state index contributed by atoms with van der Waals surface area (Å²) in [6.07, 6.45) is 1.49. The molecule has 0 atom stereocenters. The van der Waals surface area contributed by atoms with Gasteiger partial charge >= 0.3 is 0 Å². The fourth-order valence-electron chi connectivity index (χ4n) is 8.34. The zero-order valence-electron chi connectivity index (χ0n) is 39.2. The molecule has 0 fully saturated rings. The van der Waals surface area contributed by atoms with E-state index in [0.29, 0.717) is 22.9 Å². The first-order chi connectivity index (χ1) is 31.1. The number of aryl methyl sites for hydroxylation is 1. The molecule has 7 aromatic carbocycles. The van der Waals surface area contributed by atoms with Gasteiger partial charge in [-0.25, -0.2) is 4.98 Å². The van der Waals surface area contributed by atoms with Gasteiger partial charge in [0, 0.05) is 65.5 Å². The predicted octanol–water partition coefficient (Wildman–Crippen LogP) is 15.2. The third kappa shape index (κ3) is 7.96. The van der Waals surface area contributed by atoms with E-state index in [9.17, 15) is 0 Å². The zero-order chi connectivity index (χ0) is 45.3. The quantitative estimate of drug-likeness (QED) is 0.149. The topological polar surface area (TPSA) is 33.5 Å². The first kappa shape index (κ1) is 38.3. The van der Waals surface area contributed by atoms with E-state index in [1.807, 2.05) is 83.4 Å². The standard InChI is InChI=1S/C57H49N4O.Pt/c1-38-36-58-55(35-49(38)40-19-12-9-13-20-40)61-51-28-25-41(39-17-10-8-11-18-39)29-50(51)48-27-26-47(34-54(48)61)62-46-22-16-21-44(33-46)59-37-60(53-24-15-14-23-52(53)59)45-31-42(56(2,3)4)30-43(32-45)57(5,6)7;/h8-32,35-37H,1-7H3;/q-3;/i1D3;. The van der Waals surface area contributed by atoms with Crippen LogP contribution < -0.4 is 14.5 Å². The van der Waals surface area contributed by atoms with Crippen molar-refractivity contribution < 1.29 is 29.9 Å². The number of hydrogen-bond acceptors (Lipinski definition) is 4. The summed E-state index contributed by atoms with van der Waals surface area (Å²) in [6, 6.07) is 60.7. The van der Waals surface area contributed by atoms with Crippen molar-refractivity contribution in [1.29, 1.82) is 0 Å². The molecule has 9 aromatic rings. The van der Waals surface area contributed by atoms with E-state index < -0.39 is 6.85 Å². The summed E-state index contributed by atoms with van der Waals surface area (Å²) in [4.78, 5) is 9.26. The van der Waals surface area contributed by atoms with Crippen LogP contribution in [0.25, 0.3) is 49.9 Å².